The van der Waals surface area contributed by atoms with Crippen LogP contribution in [-0.4, -0.2) is 18.5 Å². The number of hydrogen-bond donors (Lipinski definition) is 2. The summed E-state index contributed by atoms with van der Waals surface area (Å²) < 4.78 is 30.0. The summed E-state index contributed by atoms with van der Waals surface area (Å²) in [7, 11) is -3.99. The second kappa shape index (κ2) is 12.6. The Balaban J connectivity index is 1.75. The molecular formula is C33H38ClN3O3S. The van der Waals surface area contributed by atoms with Crippen LogP contribution < -0.4 is 10.0 Å². The minimum absolute atomic E-state index is 0.00401. The molecule has 216 valence electrons. The molecule has 0 radical (unpaired) electrons. The molecule has 3 aromatic carbocycles. The normalized spacial score (nSPS) is 13.1. The lowest BCUT2D eigenvalue weighted by molar-refractivity contribution is 0.372. The van der Waals surface area contributed by atoms with Gasteiger partial charge >= 0.3 is 0 Å². The minimum Gasteiger partial charge on any atom is -0.508 e. The van der Waals surface area contributed by atoms with Gasteiger partial charge in [0.1, 0.15) is 5.75 Å². The first kappa shape index (κ1) is 30.6. The standard InChI is InChI=1S/C33H38ClN3O3S/c1-5-16-33(35,17-15-28-8-6-7-18-36-28)27-10-12-29(13-11-27)37(22-26-9-14-30(38)21-31(26)34)41(39,40)32-24(3)19-23(2)20-25(32)4/h6-14,18-21,38H,5,15-17,22,35H2,1-4H3. The predicted molar refractivity (Wildman–Crippen MR) is 167 cm³/mol. The summed E-state index contributed by atoms with van der Waals surface area (Å²) in [6, 6.07) is 21.7. The Morgan fingerprint density at radius 2 is 1.63 bits per heavy atom. The first-order chi connectivity index (χ1) is 19.4. The van der Waals surface area contributed by atoms with Gasteiger partial charge in [0, 0.05) is 22.5 Å². The fourth-order valence-corrected chi connectivity index (χ4v) is 7.63. The Kier molecular flexibility index (Phi) is 9.42. The lowest BCUT2D eigenvalue weighted by Gasteiger charge is -2.31. The van der Waals surface area contributed by atoms with Gasteiger partial charge < -0.3 is 10.8 Å². The van der Waals surface area contributed by atoms with E-state index in [0.29, 0.717) is 28.8 Å². The molecule has 41 heavy (non-hydrogen) atoms. The summed E-state index contributed by atoms with van der Waals surface area (Å²) in [5, 5.41) is 10.1. The number of rotatable bonds is 11. The predicted octanol–water partition coefficient (Wildman–Crippen LogP) is 7.35. The van der Waals surface area contributed by atoms with E-state index >= 15 is 0 Å². The molecule has 0 bridgehead atoms. The molecule has 0 aliphatic heterocycles. The number of halogens is 1. The zero-order valence-corrected chi connectivity index (χ0v) is 25.6. The number of nitrogens with zero attached hydrogens (tertiary/aromatic N) is 2. The van der Waals surface area contributed by atoms with Crippen molar-refractivity contribution in [2.45, 2.75) is 70.4 Å². The number of hydrogen-bond acceptors (Lipinski definition) is 5. The molecule has 3 N–H and O–H groups in total. The van der Waals surface area contributed by atoms with Crippen molar-refractivity contribution >= 4 is 27.3 Å². The number of aryl methyl sites for hydroxylation is 4. The molecule has 8 heteroatoms. The van der Waals surface area contributed by atoms with Gasteiger partial charge in [0.15, 0.2) is 0 Å². The number of pyridine rings is 1. The van der Waals surface area contributed by atoms with Crippen LogP contribution in [0, 0.1) is 20.8 Å². The number of benzene rings is 3. The number of aromatic nitrogens is 1. The average molecular weight is 592 g/mol. The molecule has 0 aliphatic rings. The number of anilines is 1. The van der Waals surface area contributed by atoms with Crippen molar-refractivity contribution in [3.8, 4) is 5.75 Å². The third-order valence-corrected chi connectivity index (χ3v) is 9.91. The van der Waals surface area contributed by atoms with Crippen LogP contribution in [0.2, 0.25) is 5.02 Å². The third-order valence-electron chi connectivity index (χ3n) is 7.48. The maximum atomic E-state index is 14.3. The van der Waals surface area contributed by atoms with Crippen LogP contribution in [0.1, 0.15) is 59.7 Å². The molecule has 4 aromatic rings. The van der Waals surface area contributed by atoms with Gasteiger partial charge in [-0.05, 0) is 98.7 Å². The van der Waals surface area contributed by atoms with E-state index in [2.05, 4.69) is 11.9 Å². The quantitative estimate of drug-likeness (QED) is 0.190. The van der Waals surface area contributed by atoms with Crippen LogP contribution in [0.3, 0.4) is 0 Å². The summed E-state index contributed by atoms with van der Waals surface area (Å²) in [5.41, 5.74) is 11.8. The fraction of sp³-hybridized carbons (Fsp3) is 0.303. The molecule has 0 fully saturated rings. The molecular weight excluding hydrogens is 554 g/mol. The van der Waals surface area contributed by atoms with E-state index in [1.54, 1.807) is 12.3 Å². The number of sulfonamides is 1. The van der Waals surface area contributed by atoms with Crippen molar-refractivity contribution in [2.75, 3.05) is 4.31 Å². The summed E-state index contributed by atoms with van der Waals surface area (Å²) in [6.07, 6.45) is 4.93. The van der Waals surface area contributed by atoms with Crippen LogP contribution >= 0.6 is 11.6 Å². The van der Waals surface area contributed by atoms with Gasteiger partial charge in [0.05, 0.1) is 17.1 Å². The Hall–Kier alpha value is -3.39. The SMILES string of the molecule is CCCC(N)(CCc1ccccn1)c1ccc(N(Cc2ccc(O)cc2Cl)S(=O)(=O)c2c(C)cc(C)cc2C)cc1. The van der Waals surface area contributed by atoms with Crippen LogP contribution in [0.15, 0.2) is 83.9 Å². The van der Waals surface area contributed by atoms with E-state index in [1.165, 1.54) is 16.4 Å². The fourth-order valence-electron chi connectivity index (χ4n) is 5.53. The highest BCUT2D eigenvalue weighted by atomic mass is 35.5. The third kappa shape index (κ3) is 6.92. The molecule has 6 nitrogen and oxygen atoms in total. The van der Waals surface area contributed by atoms with Gasteiger partial charge in [-0.3, -0.25) is 9.29 Å². The molecule has 0 saturated carbocycles. The molecule has 1 aromatic heterocycles. The van der Waals surface area contributed by atoms with Gasteiger partial charge in [0.25, 0.3) is 10.0 Å². The molecule has 0 spiro atoms. The van der Waals surface area contributed by atoms with Crippen molar-refractivity contribution < 1.29 is 13.5 Å². The van der Waals surface area contributed by atoms with Gasteiger partial charge in [-0.1, -0.05) is 66.9 Å². The van der Waals surface area contributed by atoms with Crippen LogP contribution in [0.5, 0.6) is 5.75 Å². The molecule has 0 amide bonds. The van der Waals surface area contributed by atoms with Crippen LogP contribution in [0.4, 0.5) is 5.69 Å². The van der Waals surface area contributed by atoms with E-state index in [0.717, 1.165) is 36.1 Å². The topological polar surface area (TPSA) is 96.5 Å². The van der Waals surface area contributed by atoms with E-state index in [1.807, 2.05) is 75.4 Å². The minimum atomic E-state index is -3.99. The van der Waals surface area contributed by atoms with E-state index in [9.17, 15) is 13.5 Å². The maximum Gasteiger partial charge on any atom is 0.265 e. The van der Waals surface area contributed by atoms with Crippen molar-refractivity contribution in [1.82, 2.24) is 4.98 Å². The molecule has 1 heterocycles. The van der Waals surface area contributed by atoms with Crippen molar-refractivity contribution in [2.24, 2.45) is 5.73 Å². The maximum absolute atomic E-state index is 14.3. The molecule has 0 aliphatic carbocycles. The Labute approximate surface area is 248 Å². The van der Waals surface area contributed by atoms with Gasteiger partial charge in [-0.25, -0.2) is 8.42 Å². The summed E-state index contributed by atoms with van der Waals surface area (Å²) >= 11 is 6.44. The zero-order valence-electron chi connectivity index (χ0n) is 24.1. The lowest BCUT2D eigenvalue weighted by Crippen LogP contribution is -2.37. The highest BCUT2D eigenvalue weighted by Gasteiger charge is 2.31. The smallest absolute Gasteiger partial charge is 0.265 e. The molecule has 1 unspecified atom stereocenters. The van der Waals surface area contributed by atoms with Gasteiger partial charge in [0.2, 0.25) is 0 Å². The summed E-state index contributed by atoms with van der Waals surface area (Å²) in [5.74, 6) is 0.0173. The number of nitrogens with two attached hydrogens (primary N) is 1. The summed E-state index contributed by atoms with van der Waals surface area (Å²) in [6.45, 7) is 7.69. The Morgan fingerprint density at radius 1 is 0.951 bits per heavy atom. The highest BCUT2D eigenvalue weighted by molar-refractivity contribution is 7.92. The Morgan fingerprint density at radius 3 is 2.22 bits per heavy atom. The first-order valence-electron chi connectivity index (χ1n) is 13.8. The summed E-state index contributed by atoms with van der Waals surface area (Å²) in [4.78, 5) is 4.72. The Bertz CT molecular complexity index is 1590. The second-order valence-electron chi connectivity index (χ2n) is 10.8. The number of phenolic OH excluding ortho intramolecular Hbond substituents is 1. The monoisotopic (exact) mass is 591 g/mol. The average Bonchev–Trinajstić information content (AvgIpc) is 2.91. The molecule has 0 saturated heterocycles. The molecule has 1 atom stereocenters. The van der Waals surface area contributed by atoms with Crippen molar-refractivity contribution in [3.05, 3.63) is 118 Å². The van der Waals surface area contributed by atoms with Gasteiger partial charge in [-0.15, -0.1) is 0 Å². The van der Waals surface area contributed by atoms with E-state index in [-0.39, 0.29) is 22.2 Å². The number of phenols is 1. The zero-order chi connectivity index (χ0) is 29.8. The van der Waals surface area contributed by atoms with Crippen LogP contribution in [-0.2, 0) is 28.5 Å². The van der Waals surface area contributed by atoms with Gasteiger partial charge in [-0.2, -0.15) is 0 Å². The molecule has 4 rings (SSSR count). The highest BCUT2D eigenvalue weighted by Crippen LogP contribution is 2.35. The van der Waals surface area contributed by atoms with Crippen molar-refractivity contribution in [3.63, 3.8) is 0 Å². The largest absolute Gasteiger partial charge is 0.508 e. The first-order valence-corrected chi connectivity index (χ1v) is 15.6. The van der Waals surface area contributed by atoms with E-state index in [4.69, 9.17) is 17.3 Å². The second-order valence-corrected chi connectivity index (χ2v) is 13.0. The number of aromatic hydroxyl groups is 1. The van der Waals surface area contributed by atoms with E-state index < -0.39 is 15.6 Å². The lowest BCUT2D eigenvalue weighted by atomic mass is 9.82. The van der Waals surface area contributed by atoms with Crippen molar-refractivity contribution in [1.29, 1.82) is 0 Å². The van der Waals surface area contributed by atoms with Crippen LogP contribution in [0.25, 0.3) is 0 Å².